The van der Waals surface area contributed by atoms with Crippen LogP contribution in [0.4, 0.5) is 11.6 Å². The van der Waals surface area contributed by atoms with Gasteiger partial charge in [0.25, 0.3) is 5.56 Å². The molecule has 8 nitrogen and oxygen atoms in total. The summed E-state index contributed by atoms with van der Waals surface area (Å²) < 4.78 is 10.5. The summed E-state index contributed by atoms with van der Waals surface area (Å²) in [6.45, 7) is 9.39. The molecule has 0 aliphatic carbocycles. The molecule has 34 heavy (non-hydrogen) atoms. The van der Waals surface area contributed by atoms with E-state index in [1.165, 1.54) is 9.13 Å². The van der Waals surface area contributed by atoms with Gasteiger partial charge in [0, 0.05) is 25.8 Å². The fourth-order valence-electron chi connectivity index (χ4n) is 4.45. The molecule has 0 spiro atoms. The van der Waals surface area contributed by atoms with Gasteiger partial charge in [-0.2, -0.15) is 4.98 Å². The van der Waals surface area contributed by atoms with E-state index in [0.29, 0.717) is 23.7 Å². The van der Waals surface area contributed by atoms with Gasteiger partial charge in [0.05, 0.1) is 6.54 Å². The molecule has 0 radical (unpaired) electrons. The maximum Gasteiger partial charge on any atom is 0.332 e. The average Bonchev–Trinajstić information content (AvgIpc) is 3.20. The lowest BCUT2D eigenvalue weighted by molar-refractivity contribution is 0.457. The minimum atomic E-state index is -0.391. The highest BCUT2D eigenvalue weighted by Gasteiger charge is 2.29. The van der Waals surface area contributed by atoms with E-state index in [2.05, 4.69) is 18.4 Å². The molecule has 0 saturated heterocycles. The maximum atomic E-state index is 13.4. The quantitative estimate of drug-likeness (QED) is 0.423. The van der Waals surface area contributed by atoms with Crippen molar-refractivity contribution in [3.05, 3.63) is 87.6 Å². The molecule has 174 valence electrons. The number of hydrogen-bond acceptors (Lipinski definition) is 5. The molecule has 4 aromatic rings. The molecule has 0 amide bonds. The van der Waals surface area contributed by atoms with Crippen molar-refractivity contribution in [1.82, 2.24) is 18.7 Å². The van der Waals surface area contributed by atoms with Gasteiger partial charge >= 0.3 is 5.69 Å². The number of aromatic nitrogens is 4. The zero-order valence-corrected chi connectivity index (χ0v) is 19.6. The van der Waals surface area contributed by atoms with Gasteiger partial charge in [0.2, 0.25) is 5.95 Å². The first-order valence-corrected chi connectivity index (χ1v) is 11.3. The number of para-hydroxylation sites is 1. The van der Waals surface area contributed by atoms with Crippen LogP contribution >= 0.6 is 0 Å². The second kappa shape index (κ2) is 8.37. The Bertz CT molecular complexity index is 1500. The third-order valence-corrected chi connectivity index (χ3v) is 6.00. The van der Waals surface area contributed by atoms with E-state index in [1.54, 1.807) is 14.0 Å². The number of ether oxygens (including phenoxy) is 1. The summed E-state index contributed by atoms with van der Waals surface area (Å²) in [5.74, 6) is 2.44. The number of aryl methyl sites for hydroxylation is 1. The standard InChI is InChI=1S/C26H27N5O3/c1-17(2)14-31-24(32)22-23(28(4)26(31)33)27-25-29(15-18(3)16-30(22)25)19-10-12-21(13-11-19)34-20-8-6-5-7-9-20/h5-13,18H,1,14-16H2,2-4H3. The zero-order chi connectivity index (χ0) is 24.0. The number of rotatable bonds is 5. The highest BCUT2D eigenvalue weighted by molar-refractivity contribution is 5.77. The summed E-state index contributed by atoms with van der Waals surface area (Å²) >= 11 is 0. The van der Waals surface area contributed by atoms with Crippen LogP contribution in [0.3, 0.4) is 0 Å². The molecular weight excluding hydrogens is 430 g/mol. The summed E-state index contributed by atoms with van der Waals surface area (Å²) in [7, 11) is 1.65. The lowest BCUT2D eigenvalue weighted by Gasteiger charge is -2.33. The van der Waals surface area contributed by atoms with Crippen LogP contribution in [0.2, 0.25) is 0 Å². The summed E-state index contributed by atoms with van der Waals surface area (Å²) in [5, 5.41) is 0. The monoisotopic (exact) mass is 457 g/mol. The van der Waals surface area contributed by atoms with E-state index in [4.69, 9.17) is 9.72 Å². The molecular formula is C26H27N5O3. The van der Waals surface area contributed by atoms with Crippen LogP contribution < -0.4 is 20.9 Å². The van der Waals surface area contributed by atoms with Gasteiger partial charge in [-0.05, 0) is 49.2 Å². The number of allylic oxidation sites excluding steroid dienone is 1. The zero-order valence-electron chi connectivity index (χ0n) is 19.6. The van der Waals surface area contributed by atoms with Gasteiger partial charge in [0.15, 0.2) is 11.2 Å². The maximum absolute atomic E-state index is 13.4. The van der Waals surface area contributed by atoms with Crippen molar-refractivity contribution < 1.29 is 4.74 Å². The van der Waals surface area contributed by atoms with Crippen LogP contribution in [0.15, 0.2) is 76.3 Å². The van der Waals surface area contributed by atoms with Gasteiger partial charge in [0.1, 0.15) is 11.5 Å². The number of imidazole rings is 1. The number of benzene rings is 2. The second-order valence-electron chi connectivity index (χ2n) is 9.01. The Hall–Kier alpha value is -4.07. The van der Waals surface area contributed by atoms with Crippen LogP contribution in [0.5, 0.6) is 11.5 Å². The lowest BCUT2D eigenvalue weighted by atomic mass is 10.1. The van der Waals surface area contributed by atoms with Gasteiger partial charge in [-0.1, -0.05) is 37.3 Å². The van der Waals surface area contributed by atoms with Crippen molar-refractivity contribution in [3.8, 4) is 11.5 Å². The topological polar surface area (TPSA) is 74.3 Å². The van der Waals surface area contributed by atoms with Crippen LogP contribution in [0.25, 0.3) is 11.2 Å². The summed E-state index contributed by atoms with van der Waals surface area (Å²) in [4.78, 5) is 33.1. The second-order valence-corrected chi connectivity index (χ2v) is 9.01. The van der Waals surface area contributed by atoms with Crippen LogP contribution in [0.1, 0.15) is 13.8 Å². The molecule has 0 fully saturated rings. The molecule has 2 aromatic carbocycles. The average molecular weight is 458 g/mol. The minimum Gasteiger partial charge on any atom is -0.457 e. The van der Waals surface area contributed by atoms with E-state index in [1.807, 2.05) is 59.2 Å². The first-order valence-electron chi connectivity index (χ1n) is 11.3. The summed E-state index contributed by atoms with van der Waals surface area (Å²) in [6.07, 6.45) is 0. The van der Waals surface area contributed by atoms with Crippen LogP contribution in [-0.2, 0) is 20.1 Å². The van der Waals surface area contributed by atoms with E-state index >= 15 is 0 Å². The normalized spacial score (nSPS) is 15.4. The smallest absolute Gasteiger partial charge is 0.332 e. The number of fused-ring (bicyclic) bond motifs is 3. The molecule has 5 rings (SSSR count). The molecule has 1 unspecified atom stereocenters. The molecule has 0 bridgehead atoms. The molecule has 1 atom stereocenters. The Morgan fingerprint density at radius 2 is 1.74 bits per heavy atom. The molecule has 0 saturated carbocycles. The Kier molecular flexibility index (Phi) is 5.36. The predicted octanol–water partition coefficient (Wildman–Crippen LogP) is 4.05. The Morgan fingerprint density at radius 1 is 1.06 bits per heavy atom. The van der Waals surface area contributed by atoms with Crippen molar-refractivity contribution in [3.63, 3.8) is 0 Å². The molecule has 1 aliphatic rings. The molecule has 8 heteroatoms. The van der Waals surface area contributed by atoms with E-state index < -0.39 is 5.69 Å². The first kappa shape index (κ1) is 21.8. The molecule has 3 heterocycles. The Labute approximate surface area is 197 Å². The highest BCUT2D eigenvalue weighted by Crippen LogP contribution is 2.34. The molecule has 2 aromatic heterocycles. The largest absolute Gasteiger partial charge is 0.457 e. The lowest BCUT2D eigenvalue weighted by Crippen LogP contribution is -2.40. The Balaban J connectivity index is 1.58. The number of hydrogen-bond donors (Lipinski definition) is 0. The SMILES string of the molecule is C=C(C)Cn1c(=O)c2c(nc3n2CC(C)CN3c2ccc(Oc3ccccc3)cc2)n(C)c1=O. The van der Waals surface area contributed by atoms with Gasteiger partial charge in [-0.15, -0.1) is 0 Å². The third-order valence-electron chi connectivity index (χ3n) is 6.00. The minimum absolute atomic E-state index is 0.185. The van der Waals surface area contributed by atoms with Gasteiger partial charge < -0.3 is 14.2 Å². The number of anilines is 2. The van der Waals surface area contributed by atoms with E-state index in [-0.39, 0.29) is 18.0 Å². The van der Waals surface area contributed by atoms with Crippen molar-refractivity contribution in [2.75, 3.05) is 11.4 Å². The number of nitrogens with zero attached hydrogens (tertiary/aromatic N) is 5. The van der Waals surface area contributed by atoms with Crippen LogP contribution in [0, 0.1) is 5.92 Å². The first-order chi connectivity index (χ1) is 16.3. The van der Waals surface area contributed by atoms with Gasteiger partial charge in [-0.3, -0.25) is 13.9 Å². The van der Waals surface area contributed by atoms with E-state index in [9.17, 15) is 9.59 Å². The predicted molar refractivity (Wildman–Crippen MR) is 133 cm³/mol. The fourth-order valence-corrected chi connectivity index (χ4v) is 4.45. The van der Waals surface area contributed by atoms with Crippen molar-refractivity contribution in [2.24, 2.45) is 13.0 Å². The molecule has 1 aliphatic heterocycles. The van der Waals surface area contributed by atoms with Crippen molar-refractivity contribution in [2.45, 2.75) is 26.9 Å². The van der Waals surface area contributed by atoms with Gasteiger partial charge in [-0.25, -0.2) is 4.79 Å². The summed E-state index contributed by atoms with van der Waals surface area (Å²) in [6, 6.07) is 17.4. The van der Waals surface area contributed by atoms with Crippen molar-refractivity contribution in [1.29, 1.82) is 0 Å². The fraction of sp³-hybridized carbons (Fsp3) is 0.269. The Morgan fingerprint density at radius 3 is 2.41 bits per heavy atom. The summed E-state index contributed by atoms with van der Waals surface area (Å²) in [5.41, 5.74) is 1.80. The van der Waals surface area contributed by atoms with Crippen LogP contribution in [-0.4, -0.2) is 25.2 Å². The molecule has 0 N–H and O–H groups in total. The van der Waals surface area contributed by atoms with E-state index in [0.717, 1.165) is 29.3 Å². The highest BCUT2D eigenvalue weighted by atomic mass is 16.5. The van der Waals surface area contributed by atoms with Crippen molar-refractivity contribution >= 4 is 22.8 Å². The third kappa shape index (κ3) is 3.71.